The molecule has 0 bridgehead atoms. The predicted octanol–water partition coefficient (Wildman–Crippen LogP) is 18.5. The molecule has 22 heteroatoms. The van der Waals surface area contributed by atoms with Crippen LogP contribution in [-0.2, 0) is 72.4 Å². The Hall–Kier alpha value is -4.65. The van der Waals surface area contributed by atoms with Crippen LogP contribution in [0.3, 0.4) is 0 Å². The molecule has 6 aliphatic rings. The number of nitrogens with zero attached hydrogens (tertiary/aromatic N) is 3. The van der Waals surface area contributed by atoms with Gasteiger partial charge in [-0.2, -0.15) is 39.5 Å². The summed E-state index contributed by atoms with van der Waals surface area (Å²) < 4.78 is 124. The number of alkyl halides is 10. The molecular weight excluding hydrogens is 1380 g/mol. The summed E-state index contributed by atoms with van der Waals surface area (Å²) in [5.41, 5.74) is 3.22. The molecule has 2 amide bonds. The van der Waals surface area contributed by atoms with E-state index in [4.69, 9.17) is 44.3 Å². The van der Waals surface area contributed by atoms with E-state index in [2.05, 4.69) is 38.7 Å². The van der Waals surface area contributed by atoms with Crippen molar-refractivity contribution in [1.82, 2.24) is 14.7 Å². The lowest BCUT2D eigenvalue weighted by Crippen LogP contribution is -2.54. The highest BCUT2D eigenvalue weighted by molar-refractivity contribution is 9.08. The van der Waals surface area contributed by atoms with Crippen molar-refractivity contribution in [3.05, 3.63) is 211 Å². The molecule has 3 atom stereocenters. The second-order valence-electron chi connectivity index (χ2n) is 25.4. The second-order valence-corrected chi connectivity index (χ2v) is 27.3. The van der Waals surface area contributed by atoms with Gasteiger partial charge in [0.1, 0.15) is 0 Å². The van der Waals surface area contributed by atoms with Crippen LogP contribution < -0.4 is 0 Å². The van der Waals surface area contributed by atoms with E-state index in [1.165, 1.54) is 77.5 Å². The predicted molar refractivity (Wildman–Crippen MR) is 363 cm³/mol. The van der Waals surface area contributed by atoms with Crippen molar-refractivity contribution < 1.29 is 63.7 Å². The largest absolute Gasteiger partial charge is 0.416 e. The number of ether oxygens (including phenoxy) is 2. The molecule has 6 aromatic rings. The summed E-state index contributed by atoms with van der Waals surface area (Å²) in [7, 11) is 0. The summed E-state index contributed by atoms with van der Waals surface area (Å²) in [6, 6.07) is 38.8. The molecule has 1 N–H and O–H groups in total. The number of benzene rings is 6. The molecule has 0 aromatic heterocycles. The average Bonchev–Trinajstić information content (AvgIpc) is 0.764. The summed E-state index contributed by atoms with van der Waals surface area (Å²) in [6.45, 7) is 5.99. The summed E-state index contributed by atoms with van der Waals surface area (Å²) in [5, 5.41) is 12.5. The van der Waals surface area contributed by atoms with E-state index in [1.807, 2.05) is 70.5 Å². The van der Waals surface area contributed by atoms with Crippen LogP contribution in [0.25, 0.3) is 0 Å². The first kappa shape index (κ1) is 76.1. The molecule has 0 spiro atoms. The lowest BCUT2D eigenvalue weighted by atomic mass is 9.63. The van der Waals surface area contributed by atoms with Crippen LogP contribution in [0.15, 0.2) is 146 Å². The Bertz CT molecular complexity index is 3360. The summed E-state index contributed by atoms with van der Waals surface area (Å²) in [4.78, 5) is 32.6. The molecule has 514 valence electrons. The van der Waals surface area contributed by atoms with Gasteiger partial charge in [-0.25, -0.2) is 0 Å². The van der Waals surface area contributed by atoms with Crippen LogP contribution in [0.5, 0.6) is 0 Å². The summed E-state index contributed by atoms with van der Waals surface area (Å²) in [5.74, 6) is 2.47. The van der Waals surface area contributed by atoms with Gasteiger partial charge < -0.3 is 24.4 Å². The smallest absolute Gasteiger partial charge is 0.391 e. The first-order valence-corrected chi connectivity index (χ1v) is 37.1. The van der Waals surface area contributed by atoms with Gasteiger partial charge >= 0.3 is 18.5 Å². The number of aliphatic hydroxyl groups is 1. The quantitative estimate of drug-likeness (QED) is 0.0665. The minimum absolute atomic E-state index is 0.114. The van der Waals surface area contributed by atoms with Gasteiger partial charge in [0, 0.05) is 65.1 Å². The molecule has 6 fully saturated rings. The third-order valence-electron chi connectivity index (χ3n) is 19.1. The van der Waals surface area contributed by atoms with E-state index in [1.54, 1.807) is 0 Å². The Labute approximate surface area is 583 Å². The molecule has 3 aliphatic heterocycles. The van der Waals surface area contributed by atoms with E-state index in [0.717, 1.165) is 167 Å². The fourth-order valence-electron chi connectivity index (χ4n) is 13.3. The number of aliphatic hydroxyl groups excluding tert-OH is 1. The number of hydrogen-bond donors (Lipinski definition) is 1. The number of β-amino-alcohol motifs (C(OH)–C–C–N with tert-alkyl or cyclic N) is 1. The standard InChI is InChI=1S/C24H25ClF3NO2.C24H27ClF3NO.C16H20ClNO2.C8H6BrF3.CH3.Al.2H/c25-20-10-8-18(9-11-20)23(12-2-13-23)22(30)29-14-1-3-21(15-29)31-16-17-4-6-19(7-5-17)24(26,27)28;25-21-10-8-19(9-11-21)23(12-2-13-23)17-29-14-1-3-22(15-29)30-16-18-4-6-20(7-5-18)24(26,27)28;17-13-6-4-12(5-7-13)16(8-2-9-16)15(20)18-10-1-3-14(19)11-18;9-5-6-1-3-7(4-2-6)8(10,11)12;;;;/h4-11,21H,1-3,12-16H2;4-11,22H,1-3,12-17H2;4-7,14,19H,1-3,8-11H2;1-4H,5H2;1H3;;;. The topological polar surface area (TPSA) is 82.6 Å². The molecule has 3 saturated heterocycles. The Morgan fingerprint density at radius 2 is 0.821 bits per heavy atom. The van der Waals surface area contributed by atoms with Crippen molar-refractivity contribution in [2.24, 2.45) is 0 Å². The maximum atomic E-state index is 13.5. The Morgan fingerprint density at radius 1 is 0.474 bits per heavy atom. The molecule has 3 saturated carbocycles. The second kappa shape index (κ2) is 34.4. The molecule has 8 nitrogen and oxygen atoms in total. The normalized spacial score (nSPS) is 20.6. The van der Waals surface area contributed by atoms with E-state index in [0.29, 0.717) is 47.2 Å². The number of likely N-dealkylation sites (tertiary alicyclic amines) is 3. The van der Waals surface area contributed by atoms with Crippen molar-refractivity contribution in [2.75, 3.05) is 45.8 Å². The van der Waals surface area contributed by atoms with Crippen molar-refractivity contribution >= 4 is 78.8 Å². The highest BCUT2D eigenvalue weighted by atomic mass is 79.9. The number of amides is 2. The van der Waals surface area contributed by atoms with Crippen molar-refractivity contribution in [3.8, 4) is 0 Å². The third-order valence-corrected chi connectivity index (χ3v) is 20.5. The zero-order chi connectivity index (χ0) is 68.6. The number of carbonyl (C=O) groups excluding carboxylic acids is 2. The van der Waals surface area contributed by atoms with Crippen LogP contribution >= 0.6 is 50.7 Å². The van der Waals surface area contributed by atoms with E-state index < -0.39 is 40.6 Å². The molecule has 3 unspecified atom stereocenters. The first-order chi connectivity index (χ1) is 45.3. The van der Waals surface area contributed by atoms with Gasteiger partial charge in [0.25, 0.3) is 0 Å². The molecule has 12 rings (SSSR count). The summed E-state index contributed by atoms with van der Waals surface area (Å²) >= 11 is 22.5. The highest BCUT2D eigenvalue weighted by Gasteiger charge is 2.50. The van der Waals surface area contributed by atoms with E-state index >= 15 is 0 Å². The van der Waals surface area contributed by atoms with Crippen LogP contribution in [0.4, 0.5) is 39.5 Å². The van der Waals surface area contributed by atoms with Crippen molar-refractivity contribution in [2.45, 2.75) is 174 Å². The molecule has 0 radical (unpaired) electrons. The highest BCUT2D eigenvalue weighted by Crippen LogP contribution is 2.48. The van der Waals surface area contributed by atoms with Crippen LogP contribution in [0.2, 0.25) is 20.9 Å². The Kier molecular flexibility index (Phi) is 27.6. The first-order valence-electron chi connectivity index (χ1n) is 32.8. The zero-order valence-electron chi connectivity index (χ0n) is 53.6. The fourth-order valence-corrected chi connectivity index (χ4v) is 14.1. The fraction of sp³-hybridized carbons (Fsp3) is 0.479. The lowest BCUT2D eigenvalue weighted by Gasteiger charge is -2.47. The molecular formula is C73H83AlBrCl3F9N3O5. The molecule has 3 aliphatic carbocycles. The molecule has 3 heterocycles. The van der Waals surface area contributed by atoms with Gasteiger partial charge in [-0.3, -0.25) is 14.5 Å². The maximum absolute atomic E-state index is 13.5. The Morgan fingerprint density at radius 3 is 1.17 bits per heavy atom. The minimum Gasteiger partial charge on any atom is -0.391 e. The van der Waals surface area contributed by atoms with Gasteiger partial charge in [-0.1, -0.05) is 143 Å². The lowest BCUT2D eigenvalue weighted by molar-refractivity contribution is -0.145. The van der Waals surface area contributed by atoms with Gasteiger partial charge in [-0.15, -0.1) is 5.79 Å². The van der Waals surface area contributed by atoms with Crippen molar-refractivity contribution in [3.63, 3.8) is 0 Å². The number of halogens is 13. The van der Waals surface area contributed by atoms with Crippen molar-refractivity contribution in [1.29, 1.82) is 0 Å². The van der Waals surface area contributed by atoms with E-state index in [9.17, 15) is 54.2 Å². The molecule has 95 heavy (non-hydrogen) atoms. The van der Waals surface area contributed by atoms with Gasteiger partial charge in [0.2, 0.25) is 28.1 Å². The zero-order valence-corrected chi connectivity index (χ0v) is 59.5. The van der Waals surface area contributed by atoms with Crippen LogP contribution in [0.1, 0.15) is 146 Å². The SMILES string of the molecule is FC(F)(F)c1ccc(CBr)cc1.FC(F)(F)c1ccc(COC2CCCN(CC3(c4ccc(Cl)cc4)CCC3)C2)cc1.O=C(N1CCCC(O)C1)C1(c2ccc(Cl)cc2)CCC1.O=C(N1CCCC(OCc2ccc(C(F)(F)F)cc2)C1)C1(c2ccc(Cl)cc2)CCC1.[CH3][AlH2]. The van der Waals surface area contributed by atoms with Crippen LogP contribution in [0, 0.1) is 0 Å². The minimum atomic E-state index is -4.34. The number of carbonyl (C=O) groups is 2. The average molecular weight is 1470 g/mol. The van der Waals surface area contributed by atoms with Crippen LogP contribution in [-0.4, -0.2) is 112 Å². The van der Waals surface area contributed by atoms with Gasteiger partial charge in [0.15, 0.2) is 0 Å². The van der Waals surface area contributed by atoms with E-state index in [-0.39, 0.29) is 47.6 Å². The maximum Gasteiger partial charge on any atom is 0.416 e. The monoisotopic (exact) mass is 1460 g/mol. The Balaban J connectivity index is 0.000000169. The third kappa shape index (κ3) is 20.5. The van der Waals surface area contributed by atoms with Gasteiger partial charge in [0.05, 0.1) is 59.0 Å². The molecule has 6 aromatic carbocycles. The number of rotatable bonds is 14. The van der Waals surface area contributed by atoms with Gasteiger partial charge in [-0.05, 0) is 190 Å². The number of piperidine rings is 3. The number of hydrogen-bond acceptors (Lipinski definition) is 6. The summed E-state index contributed by atoms with van der Waals surface area (Å²) in [6.07, 6.45) is 1.43.